The molecule has 1 heterocycles. The quantitative estimate of drug-likeness (QED) is 0.569. The highest BCUT2D eigenvalue weighted by Crippen LogP contribution is 2.46. The smallest absolute Gasteiger partial charge is 0.330 e. The van der Waals surface area contributed by atoms with E-state index in [-0.39, 0.29) is 0 Å². The van der Waals surface area contributed by atoms with Crippen molar-refractivity contribution in [2.75, 3.05) is 17.4 Å². The number of aliphatic carboxylic acids is 1. The minimum Gasteiger partial charge on any atom is -0.480 e. The fourth-order valence-electron chi connectivity index (χ4n) is 1.76. The zero-order valence-electron chi connectivity index (χ0n) is 9.41. The van der Waals surface area contributed by atoms with Crippen LogP contribution in [0.25, 0.3) is 0 Å². The fraction of sp³-hybridized carbons (Fsp3) is 0.909. The van der Waals surface area contributed by atoms with E-state index < -0.39 is 10.0 Å². The predicted molar refractivity (Wildman–Crippen MR) is 73.7 cm³/mol. The SMILES string of the molecule is O=C(O)C1(CCCCCCCl)SCCCS1. The van der Waals surface area contributed by atoms with Crippen molar-refractivity contribution in [3.05, 3.63) is 0 Å². The molecular formula is C11H19ClO2S2. The Labute approximate surface area is 111 Å². The van der Waals surface area contributed by atoms with Gasteiger partial charge in [0, 0.05) is 5.88 Å². The summed E-state index contributed by atoms with van der Waals surface area (Å²) >= 11 is 8.84. The molecule has 0 radical (unpaired) electrons. The highest BCUT2D eigenvalue weighted by atomic mass is 35.5. The summed E-state index contributed by atoms with van der Waals surface area (Å²) in [6, 6.07) is 0. The highest BCUT2D eigenvalue weighted by molar-refractivity contribution is 8.19. The van der Waals surface area contributed by atoms with Crippen LogP contribution in [0.5, 0.6) is 0 Å². The number of carboxylic acid groups (broad SMARTS) is 1. The molecule has 0 aromatic rings. The van der Waals surface area contributed by atoms with Gasteiger partial charge in [0.2, 0.25) is 0 Å². The van der Waals surface area contributed by atoms with Crippen LogP contribution in [0, 0.1) is 0 Å². The number of carboxylic acids is 1. The van der Waals surface area contributed by atoms with Crippen LogP contribution in [0.15, 0.2) is 0 Å². The van der Waals surface area contributed by atoms with Crippen molar-refractivity contribution in [2.24, 2.45) is 0 Å². The molecule has 2 nitrogen and oxygen atoms in total. The second-order valence-electron chi connectivity index (χ2n) is 3.96. The minimum absolute atomic E-state index is 0.556. The molecular weight excluding hydrogens is 264 g/mol. The lowest BCUT2D eigenvalue weighted by molar-refractivity contribution is -0.137. The third-order valence-electron chi connectivity index (χ3n) is 2.67. The fourth-order valence-corrected chi connectivity index (χ4v) is 5.02. The molecule has 0 aliphatic carbocycles. The molecule has 0 unspecified atom stereocenters. The molecule has 0 saturated carbocycles. The Balaban J connectivity index is 2.30. The molecule has 0 amide bonds. The van der Waals surface area contributed by atoms with Crippen molar-refractivity contribution in [2.45, 2.75) is 42.6 Å². The van der Waals surface area contributed by atoms with Gasteiger partial charge in [-0.3, -0.25) is 0 Å². The summed E-state index contributed by atoms with van der Waals surface area (Å²) in [6.07, 6.45) is 6.19. The van der Waals surface area contributed by atoms with Crippen molar-refractivity contribution in [3.63, 3.8) is 0 Å². The van der Waals surface area contributed by atoms with E-state index in [1.165, 1.54) is 0 Å². The number of hydrogen-bond donors (Lipinski definition) is 1. The first-order valence-electron chi connectivity index (χ1n) is 5.78. The van der Waals surface area contributed by atoms with Crippen LogP contribution < -0.4 is 0 Å². The number of alkyl halides is 1. The van der Waals surface area contributed by atoms with Gasteiger partial charge in [-0.05, 0) is 30.8 Å². The molecule has 1 rings (SSSR count). The number of carbonyl (C=O) groups is 1. The van der Waals surface area contributed by atoms with Gasteiger partial charge in [-0.25, -0.2) is 4.79 Å². The van der Waals surface area contributed by atoms with E-state index in [0.717, 1.165) is 50.0 Å². The van der Waals surface area contributed by atoms with Gasteiger partial charge in [-0.2, -0.15) is 0 Å². The average molecular weight is 283 g/mol. The van der Waals surface area contributed by atoms with E-state index in [1.807, 2.05) is 0 Å². The van der Waals surface area contributed by atoms with Gasteiger partial charge < -0.3 is 5.11 Å². The second-order valence-corrected chi connectivity index (χ2v) is 7.39. The molecule has 0 spiro atoms. The zero-order chi connectivity index (χ0) is 11.9. The highest BCUT2D eigenvalue weighted by Gasteiger charge is 2.40. The maximum absolute atomic E-state index is 11.3. The van der Waals surface area contributed by atoms with Crippen LogP contribution in [-0.4, -0.2) is 32.5 Å². The summed E-state index contributed by atoms with van der Waals surface area (Å²) < 4.78 is -0.556. The molecule has 0 atom stereocenters. The van der Waals surface area contributed by atoms with Crippen LogP contribution >= 0.6 is 35.1 Å². The molecule has 1 aliphatic heterocycles. The summed E-state index contributed by atoms with van der Waals surface area (Å²) in [5.74, 6) is 2.05. The molecule has 0 bridgehead atoms. The molecule has 5 heteroatoms. The van der Waals surface area contributed by atoms with Crippen molar-refractivity contribution < 1.29 is 9.90 Å². The van der Waals surface area contributed by atoms with E-state index in [1.54, 1.807) is 23.5 Å². The van der Waals surface area contributed by atoms with E-state index >= 15 is 0 Å². The molecule has 94 valence electrons. The van der Waals surface area contributed by atoms with Gasteiger partial charge in [0.15, 0.2) is 4.08 Å². The Hall–Kier alpha value is 0.460. The lowest BCUT2D eigenvalue weighted by atomic mass is 10.1. The summed E-state index contributed by atoms with van der Waals surface area (Å²) in [5.41, 5.74) is 0. The summed E-state index contributed by atoms with van der Waals surface area (Å²) in [4.78, 5) is 11.3. The molecule has 1 N–H and O–H groups in total. The summed E-state index contributed by atoms with van der Waals surface area (Å²) in [5, 5.41) is 9.33. The van der Waals surface area contributed by atoms with Crippen molar-refractivity contribution >= 4 is 41.1 Å². The number of halogens is 1. The lowest BCUT2D eigenvalue weighted by Crippen LogP contribution is -2.34. The second kappa shape index (κ2) is 7.72. The lowest BCUT2D eigenvalue weighted by Gasteiger charge is -2.31. The van der Waals surface area contributed by atoms with Gasteiger partial charge in [-0.1, -0.05) is 19.3 Å². The van der Waals surface area contributed by atoms with Crippen LogP contribution in [0.3, 0.4) is 0 Å². The van der Waals surface area contributed by atoms with Gasteiger partial charge >= 0.3 is 5.97 Å². The van der Waals surface area contributed by atoms with Crippen LogP contribution in [-0.2, 0) is 4.79 Å². The molecule has 1 aliphatic rings. The molecule has 16 heavy (non-hydrogen) atoms. The monoisotopic (exact) mass is 282 g/mol. The van der Waals surface area contributed by atoms with E-state index in [0.29, 0.717) is 5.88 Å². The third kappa shape index (κ3) is 4.38. The molecule has 0 aromatic carbocycles. The van der Waals surface area contributed by atoms with E-state index in [4.69, 9.17) is 11.6 Å². The van der Waals surface area contributed by atoms with Crippen molar-refractivity contribution in [3.8, 4) is 0 Å². The standard InChI is InChI=1S/C11H19ClO2S2/c12-7-4-2-1-3-6-11(10(13)14)15-8-5-9-16-11/h1-9H2,(H,13,14). The number of unbranched alkanes of at least 4 members (excludes halogenated alkanes) is 3. The normalized spacial score (nSPS) is 19.6. The van der Waals surface area contributed by atoms with Crippen LogP contribution in [0.2, 0.25) is 0 Å². The first kappa shape index (κ1) is 14.5. The average Bonchev–Trinajstić information content (AvgIpc) is 2.30. The predicted octanol–water partition coefficient (Wildman–Crippen LogP) is 3.83. The Morgan fingerprint density at radius 3 is 2.38 bits per heavy atom. The Kier molecular flexibility index (Phi) is 7.01. The molecule has 1 fully saturated rings. The number of rotatable bonds is 7. The summed E-state index contributed by atoms with van der Waals surface area (Å²) in [7, 11) is 0. The maximum Gasteiger partial charge on any atom is 0.330 e. The zero-order valence-corrected chi connectivity index (χ0v) is 11.8. The van der Waals surface area contributed by atoms with Gasteiger partial charge in [0.1, 0.15) is 0 Å². The molecule has 1 saturated heterocycles. The maximum atomic E-state index is 11.3. The van der Waals surface area contributed by atoms with E-state index in [9.17, 15) is 9.90 Å². The third-order valence-corrected chi connectivity index (χ3v) is 6.32. The largest absolute Gasteiger partial charge is 0.480 e. The molecule has 0 aromatic heterocycles. The topological polar surface area (TPSA) is 37.3 Å². The number of hydrogen-bond acceptors (Lipinski definition) is 3. The Morgan fingerprint density at radius 2 is 1.81 bits per heavy atom. The van der Waals surface area contributed by atoms with Crippen molar-refractivity contribution in [1.29, 1.82) is 0 Å². The minimum atomic E-state index is -0.639. The van der Waals surface area contributed by atoms with Gasteiger partial charge in [0.25, 0.3) is 0 Å². The number of thioether (sulfide) groups is 2. The van der Waals surface area contributed by atoms with Gasteiger partial charge in [-0.15, -0.1) is 35.1 Å². The Bertz CT molecular complexity index is 218. The summed E-state index contributed by atoms with van der Waals surface area (Å²) in [6.45, 7) is 0. The van der Waals surface area contributed by atoms with E-state index in [2.05, 4.69) is 0 Å². The Morgan fingerprint density at radius 1 is 1.19 bits per heavy atom. The van der Waals surface area contributed by atoms with Crippen LogP contribution in [0.4, 0.5) is 0 Å². The first-order valence-corrected chi connectivity index (χ1v) is 8.29. The van der Waals surface area contributed by atoms with Crippen molar-refractivity contribution in [1.82, 2.24) is 0 Å². The first-order chi connectivity index (χ1) is 7.71. The van der Waals surface area contributed by atoms with Gasteiger partial charge in [0.05, 0.1) is 0 Å². The van der Waals surface area contributed by atoms with Crippen LogP contribution in [0.1, 0.15) is 38.5 Å².